The second-order valence-corrected chi connectivity index (χ2v) is 4.95. The molecule has 1 aromatic carbocycles. The number of carbonyl (C=O) groups excluding carboxylic acids is 2. The maximum Gasteiger partial charge on any atom is 0.269 e. The third-order valence-corrected chi connectivity index (χ3v) is 3.23. The molecule has 2 rings (SSSR count). The highest BCUT2D eigenvalue weighted by molar-refractivity contribution is 5.98. The summed E-state index contributed by atoms with van der Waals surface area (Å²) in [4.78, 5) is 28.3. The van der Waals surface area contributed by atoms with Crippen LogP contribution in [-0.4, -0.2) is 42.1 Å². The molecule has 120 valence electrons. The topological polar surface area (TPSA) is 91.3 Å². The van der Waals surface area contributed by atoms with Crippen LogP contribution < -0.4 is 10.6 Å². The lowest BCUT2D eigenvalue weighted by Gasteiger charge is -2.09. The lowest BCUT2D eigenvalue weighted by atomic mass is 10.1. The molecule has 0 aliphatic rings. The van der Waals surface area contributed by atoms with E-state index in [1.807, 2.05) is 30.3 Å². The number of aromatic nitrogens is 1. The van der Waals surface area contributed by atoms with E-state index in [1.165, 1.54) is 13.1 Å². The Hall–Kier alpha value is -2.73. The Kier molecular flexibility index (Phi) is 5.82. The second-order valence-electron chi connectivity index (χ2n) is 4.95. The van der Waals surface area contributed by atoms with Gasteiger partial charge < -0.3 is 15.7 Å². The lowest BCUT2D eigenvalue weighted by molar-refractivity contribution is 0.0944. The summed E-state index contributed by atoms with van der Waals surface area (Å²) in [5.41, 5.74) is 2.20. The van der Waals surface area contributed by atoms with Crippen molar-refractivity contribution in [1.29, 1.82) is 0 Å². The highest BCUT2D eigenvalue weighted by Crippen LogP contribution is 2.12. The molecule has 0 aliphatic heterocycles. The standard InChI is InChI=1S/C17H19N3O3/c1-18-17(23)15-11-13(16(22)19-7-8-21)10-14(20-15)9-12-5-3-2-4-6-12/h2-6,10-11,21H,7-9H2,1H3,(H,18,23)(H,19,22). The molecule has 6 nitrogen and oxygen atoms in total. The highest BCUT2D eigenvalue weighted by Gasteiger charge is 2.13. The van der Waals surface area contributed by atoms with Gasteiger partial charge in [0.25, 0.3) is 11.8 Å². The molecule has 1 heterocycles. The van der Waals surface area contributed by atoms with Gasteiger partial charge in [-0.15, -0.1) is 0 Å². The largest absolute Gasteiger partial charge is 0.395 e. The average Bonchev–Trinajstić information content (AvgIpc) is 2.59. The van der Waals surface area contributed by atoms with Crippen molar-refractivity contribution < 1.29 is 14.7 Å². The van der Waals surface area contributed by atoms with E-state index in [1.54, 1.807) is 6.07 Å². The maximum absolute atomic E-state index is 12.1. The normalized spacial score (nSPS) is 10.2. The number of rotatable bonds is 6. The van der Waals surface area contributed by atoms with E-state index in [4.69, 9.17) is 5.11 Å². The van der Waals surface area contributed by atoms with Crippen LogP contribution in [0.15, 0.2) is 42.5 Å². The number of aliphatic hydroxyl groups excluding tert-OH is 1. The minimum absolute atomic E-state index is 0.143. The molecular weight excluding hydrogens is 294 g/mol. The Bertz CT molecular complexity index is 687. The molecule has 2 amide bonds. The Labute approximate surface area is 134 Å². The molecule has 0 bridgehead atoms. The van der Waals surface area contributed by atoms with Gasteiger partial charge in [-0.25, -0.2) is 4.98 Å². The maximum atomic E-state index is 12.1. The monoisotopic (exact) mass is 313 g/mol. The molecule has 0 saturated carbocycles. The summed E-state index contributed by atoms with van der Waals surface area (Å²) < 4.78 is 0. The Morgan fingerprint density at radius 2 is 1.87 bits per heavy atom. The first-order valence-corrected chi connectivity index (χ1v) is 7.30. The van der Waals surface area contributed by atoms with Crippen LogP contribution in [0.3, 0.4) is 0 Å². The van der Waals surface area contributed by atoms with Crippen molar-refractivity contribution in [2.75, 3.05) is 20.2 Å². The van der Waals surface area contributed by atoms with Gasteiger partial charge in [0, 0.05) is 31.3 Å². The summed E-state index contributed by atoms with van der Waals surface area (Å²) in [6, 6.07) is 12.8. The highest BCUT2D eigenvalue weighted by atomic mass is 16.3. The van der Waals surface area contributed by atoms with Crippen LogP contribution in [0.4, 0.5) is 0 Å². The zero-order chi connectivity index (χ0) is 16.7. The number of nitrogens with zero attached hydrogens (tertiary/aromatic N) is 1. The number of nitrogens with one attached hydrogen (secondary N) is 2. The minimum atomic E-state index is -0.351. The van der Waals surface area contributed by atoms with Crippen LogP contribution >= 0.6 is 0 Å². The van der Waals surface area contributed by atoms with Crippen molar-refractivity contribution in [2.24, 2.45) is 0 Å². The van der Waals surface area contributed by atoms with Crippen molar-refractivity contribution in [1.82, 2.24) is 15.6 Å². The van der Waals surface area contributed by atoms with Gasteiger partial charge in [0.05, 0.1) is 6.61 Å². The molecule has 0 aliphatic carbocycles. The Balaban J connectivity index is 2.33. The zero-order valence-electron chi connectivity index (χ0n) is 12.9. The SMILES string of the molecule is CNC(=O)c1cc(C(=O)NCCO)cc(Cc2ccccc2)n1. The number of hydrogen-bond donors (Lipinski definition) is 3. The quantitative estimate of drug-likeness (QED) is 0.734. The number of pyridine rings is 1. The summed E-state index contributed by atoms with van der Waals surface area (Å²) in [6.45, 7) is 0.0144. The van der Waals surface area contributed by atoms with Crippen molar-refractivity contribution in [3.63, 3.8) is 0 Å². The third kappa shape index (κ3) is 4.62. The first-order chi connectivity index (χ1) is 11.1. The second kappa shape index (κ2) is 8.05. The fourth-order valence-electron chi connectivity index (χ4n) is 2.13. The molecule has 23 heavy (non-hydrogen) atoms. The molecule has 2 aromatic rings. The zero-order valence-corrected chi connectivity index (χ0v) is 12.9. The Morgan fingerprint density at radius 1 is 1.13 bits per heavy atom. The van der Waals surface area contributed by atoms with Crippen LogP contribution in [0.25, 0.3) is 0 Å². The predicted molar refractivity (Wildman–Crippen MR) is 86.3 cm³/mol. The molecule has 0 fully saturated rings. The van der Waals surface area contributed by atoms with Crippen molar-refractivity contribution >= 4 is 11.8 Å². The van der Waals surface area contributed by atoms with E-state index in [0.717, 1.165) is 5.56 Å². The number of hydrogen-bond acceptors (Lipinski definition) is 4. The van der Waals surface area contributed by atoms with Crippen molar-refractivity contribution in [3.8, 4) is 0 Å². The lowest BCUT2D eigenvalue weighted by Crippen LogP contribution is -2.27. The number of carbonyl (C=O) groups is 2. The first-order valence-electron chi connectivity index (χ1n) is 7.30. The fraction of sp³-hybridized carbons (Fsp3) is 0.235. The van der Waals surface area contributed by atoms with Gasteiger partial charge >= 0.3 is 0 Å². The summed E-state index contributed by atoms with van der Waals surface area (Å²) in [6.07, 6.45) is 0.520. The van der Waals surface area contributed by atoms with Gasteiger partial charge in [0.15, 0.2) is 0 Å². The molecule has 0 atom stereocenters. The van der Waals surface area contributed by atoms with E-state index in [0.29, 0.717) is 17.7 Å². The van der Waals surface area contributed by atoms with Crippen LogP contribution in [0, 0.1) is 0 Å². The van der Waals surface area contributed by atoms with Crippen molar-refractivity contribution in [3.05, 3.63) is 65.0 Å². The third-order valence-electron chi connectivity index (χ3n) is 3.23. The van der Waals surface area contributed by atoms with Crippen LogP contribution in [0.5, 0.6) is 0 Å². The molecule has 6 heteroatoms. The summed E-state index contributed by atoms with van der Waals surface area (Å²) in [5, 5.41) is 13.9. The molecule has 1 aromatic heterocycles. The molecule has 0 saturated heterocycles. The van der Waals surface area contributed by atoms with E-state index in [9.17, 15) is 9.59 Å². The van der Waals surface area contributed by atoms with E-state index in [-0.39, 0.29) is 30.7 Å². The molecule has 0 radical (unpaired) electrons. The van der Waals surface area contributed by atoms with Crippen LogP contribution in [0.1, 0.15) is 32.1 Å². The molecule has 0 unspecified atom stereocenters. The van der Waals surface area contributed by atoms with Gasteiger partial charge in [-0.1, -0.05) is 30.3 Å². The van der Waals surface area contributed by atoms with Gasteiger partial charge in [-0.3, -0.25) is 9.59 Å². The van der Waals surface area contributed by atoms with Crippen LogP contribution in [0.2, 0.25) is 0 Å². The van der Waals surface area contributed by atoms with Gasteiger partial charge in [0.1, 0.15) is 5.69 Å². The van der Waals surface area contributed by atoms with Gasteiger partial charge in [-0.2, -0.15) is 0 Å². The number of benzene rings is 1. The summed E-state index contributed by atoms with van der Waals surface area (Å²) in [5.74, 6) is -0.697. The molecule has 0 spiro atoms. The summed E-state index contributed by atoms with van der Waals surface area (Å²) >= 11 is 0. The predicted octanol–water partition coefficient (Wildman–Crippen LogP) is 0.754. The van der Waals surface area contributed by atoms with E-state index < -0.39 is 0 Å². The van der Waals surface area contributed by atoms with Gasteiger partial charge in [-0.05, 0) is 17.7 Å². The smallest absolute Gasteiger partial charge is 0.269 e. The number of aliphatic hydroxyl groups is 1. The minimum Gasteiger partial charge on any atom is -0.395 e. The van der Waals surface area contributed by atoms with E-state index in [2.05, 4.69) is 15.6 Å². The van der Waals surface area contributed by atoms with Gasteiger partial charge in [0.2, 0.25) is 0 Å². The molecule has 3 N–H and O–H groups in total. The summed E-state index contributed by atoms with van der Waals surface area (Å²) in [7, 11) is 1.51. The fourth-order valence-corrected chi connectivity index (χ4v) is 2.13. The average molecular weight is 313 g/mol. The van der Waals surface area contributed by atoms with Crippen molar-refractivity contribution in [2.45, 2.75) is 6.42 Å². The van der Waals surface area contributed by atoms with E-state index >= 15 is 0 Å². The van der Waals surface area contributed by atoms with Crippen LogP contribution in [-0.2, 0) is 6.42 Å². The molecular formula is C17H19N3O3. The number of amides is 2. The Morgan fingerprint density at radius 3 is 2.52 bits per heavy atom. The first kappa shape index (κ1) is 16.6.